The number of halogens is 1. The summed E-state index contributed by atoms with van der Waals surface area (Å²) in [5.41, 5.74) is 0.724. The number of nitrogens with zero attached hydrogens (tertiary/aromatic N) is 1. The van der Waals surface area contributed by atoms with Gasteiger partial charge in [-0.3, -0.25) is 0 Å². The number of nitriles is 1. The second kappa shape index (κ2) is 5.83. The monoisotopic (exact) mass is 248 g/mol. The van der Waals surface area contributed by atoms with Crippen molar-refractivity contribution in [3.63, 3.8) is 0 Å². The Morgan fingerprint density at radius 2 is 2.06 bits per heavy atom. The third-order valence-electron chi connectivity index (χ3n) is 3.42. The molecule has 0 spiro atoms. The normalized spacial score (nSPS) is 24.1. The predicted molar refractivity (Wildman–Crippen MR) is 67.6 cm³/mol. The average molecular weight is 248 g/mol. The Kier molecular flexibility index (Phi) is 4.16. The van der Waals surface area contributed by atoms with Gasteiger partial charge in [0.25, 0.3) is 0 Å². The largest absolute Gasteiger partial charge is 0.391 e. The maximum atomic E-state index is 13.2. The van der Waals surface area contributed by atoms with E-state index in [-0.39, 0.29) is 17.7 Å². The van der Waals surface area contributed by atoms with Gasteiger partial charge in [0.15, 0.2) is 0 Å². The van der Waals surface area contributed by atoms with Crippen molar-refractivity contribution in [3.8, 4) is 6.07 Å². The van der Waals surface area contributed by atoms with E-state index in [1.54, 1.807) is 6.07 Å². The van der Waals surface area contributed by atoms with Crippen LogP contribution in [0.25, 0.3) is 0 Å². The number of hydrogen-bond acceptors (Lipinski definition) is 3. The van der Waals surface area contributed by atoms with E-state index in [4.69, 9.17) is 5.26 Å². The summed E-state index contributed by atoms with van der Waals surface area (Å²) in [5.74, 6) is -0.510. The van der Waals surface area contributed by atoms with Crippen LogP contribution in [0.3, 0.4) is 0 Å². The lowest BCUT2D eigenvalue weighted by molar-refractivity contribution is 0.144. The topological polar surface area (TPSA) is 56.0 Å². The van der Waals surface area contributed by atoms with Crippen molar-refractivity contribution in [2.75, 3.05) is 5.32 Å². The molecule has 96 valence electrons. The minimum atomic E-state index is -0.510. The fraction of sp³-hybridized carbons (Fsp3) is 0.500. The minimum Gasteiger partial charge on any atom is -0.391 e. The summed E-state index contributed by atoms with van der Waals surface area (Å²) in [4.78, 5) is 0. The zero-order valence-corrected chi connectivity index (χ0v) is 10.2. The summed E-state index contributed by atoms with van der Waals surface area (Å²) < 4.78 is 13.2. The van der Waals surface area contributed by atoms with Gasteiger partial charge in [-0.15, -0.1) is 0 Å². The Morgan fingerprint density at radius 1 is 1.28 bits per heavy atom. The maximum Gasteiger partial charge on any atom is 0.141 e. The van der Waals surface area contributed by atoms with Crippen molar-refractivity contribution in [2.24, 2.45) is 0 Å². The number of anilines is 1. The quantitative estimate of drug-likeness (QED) is 0.791. The van der Waals surface area contributed by atoms with Crippen LogP contribution in [-0.2, 0) is 0 Å². The molecule has 0 aromatic heterocycles. The van der Waals surface area contributed by atoms with Gasteiger partial charge in [0, 0.05) is 5.69 Å². The van der Waals surface area contributed by atoms with Crippen molar-refractivity contribution in [1.29, 1.82) is 5.26 Å². The minimum absolute atomic E-state index is 0.00972. The molecule has 0 heterocycles. The third-order valence-corrected chi connectivity index (χ3v) is 3.42. The van der Waals surface area contributed by atoms with E-state index >= 15 is 0 Å². The van der Waals surface area contributed by atoms with Crippen molar-refractivity contribution in [3.05, 3.63) is 29.6 Å². The van der Waals surface area contributed by atoms with Gasteiger partial charge in [-0.05, 0) is 31.0 Å². The van der Waals surface area contributed by atoms with Crippen molar-refractivity contribution in [1.82, 2.24) is 0 Å². The van der Waals surface area contributed by atoms with Gasteiger partial charge in [0.05, 0.1) is 17.7 Å². The fourth-order valence-corrected chi connectivity index (χ4v) is 2.37. The molecule has 4 heteroatoms. The Morgan fingerprint density at radius 3 is 2.83 bits per heavy atom. The Bertz CT molecular complexity index is 456. The smallest absolute Gasteiger partial charge is 0.141 e. The molecule has 0 saturated heterocycles. The van der Waals surface area contributed by atoms with E-state index < -0.39 is 5.82 Å². The average Bonchev–Trinajstić information content (AvgIpc) is 2.57. The second-order valence-electron chi connectivity index (χ2n) is 4.76. The highest BCUT2D eigenvalue weighted by atomic mass is 19.1. The standard InChI is InChI=1S/C14H17FN2O/c15-12-7-6-11(8-10(12)9-16)17-13-4-2-1-3-5-14(13)18/h6-8,13-14,17-18H,1-5H2. The summed E-state index contributed by atoms with van der Waals surface area (Å²) in [6.45, 7) is 0. The zero-order chi connectivity index (χ0) is 13.0. The number of nitrogens with one attached hydrogen (secondary N) is 1. The maximum absolute atomic E-state index is 13.2. The lowest BCUT2D eigenvalue weighted by atomic mass is 10.1. The summed E-state index contributed by atoms with van der Waals surface area (Å²) in [6.07, 6.45) is 4.60. The van der Waals surface area contributed by atoms with Crippen LogP contribution in [0, 0.1) is 17.1 Å². The van der Waals surface area contributed by atoms with E-state index in [2.05, 4.69) is 5.32 Å². The lowest BCUT2D eigenvalue weighted by Gasteiger charge is -2.23. The molecule has 1 aromatic rings. The molecule has 18 heavy (non-hydrogen) atoms. The third kappa shape index (κ3) is 2.99. The van der Waals surface area contributed by atoms with Gasteiger partial charge in [0.2, 0.25) is 0 Å². The molecule has 0 radical (unpaired) electrons. The van der Waals surface area contributed by atoms with Gasteiger partial charge in [-0.2, -0.15) is 5.26 Å². The molecule has 1 aliphatic carbocycles. The van der Waals surface area contributed by atoms with Gasteiger partial charge >= 0.3 is 0 Å². The first-order valence-corrected chi connectivity index (χ1v) is 6.35. The van der Waals surface area contributed by atoms with Gasteiger partial charge in [-0.1, -0.05) is 19.3 Å². The van der Waals surface area contributed by atoms with E-state index in [1.165, 1.54) is 12.1 Å². The highest BCUT2D eigenvalue weighted by Gasteiger charge is 2.21. The Hall–Kier alpha value is -1.60. The highest BCUT2D eigenvalue weighted by Crippen LogP contribution is 2.22. The van der Waals surface area contributed by atoms with Crippen LogP contribution in [0.2, 0.25) is 0 Å². The first-order chi connectivity index (χ1) is 8.70. The molecule has 0 bridgehead atoms. The second-order valence-corrected chi connectivity index (χ2v) is 4.76. The van der Waals surface area contributed by atoms with Crippen LogP contribution in [0.15, 0.2) is 18.2 Å². The van der Waals surface area contributed by atoms with E-state index in [1.807, 2.05) is 6.07 Å². The van der Waals surface area contributed by atoms with Crippen molar-refractivity contribution in [2.45, 2.75) is 44.2 Å². The molecular weight excluding hydrogens is 231 g/mol. The van der Waals surface area contributed by atoms with Crippen LogP contribution in [-0.4, -0.2) is 17.3 Å². The number of hydrogen-bond donors (Lipinski definition) is 2. The van der Waals surface area contributed by atoms with Gasteiger partial charge in [-0.25, -0.2) is 4.39 Å². The van der Waals surface area contributed by atoms with E-state index in [0.717, 1.165) is 32.1 Å². The molecule has 3 nitrogen and oxygen atoms in total. The molecule has 1 aromatic carbocycles. The zero-order valence-electron chi connectivity index (χ0n) is 10.2. The van der Waals surface area contributed by atoms with E-state index in [9.17, 15) is 9.50 Å². The molecule has 2 N–H and O–H groups in total. The fourth-order valence-electron chi connectivity index (χ4n) is 2.37. The van der Waals surface area contributed by atoms with E-state index in [0.29, 0.717) is 5.69 Å². The number of benzene rings is 1. The molecule has 2 atom stereocenters. The molecule has 1 saturated carbocycles. The van der Waals surface area contributed by atoms with Crippen LogP contribution in [0.1, 0.15) is 37.7 Å². The molecule has 1 aliphatic rings. The van der Waals surface area contributed by atoms with Crippen molar-refractivity contribution >= 4 is 5.69 Å². The van der Waals surface area contributed by atoms with Gasteiger partial charge in [0.1, 0.15) is 11.9 Å². The molecule has 2 rings (SSSR count). The Labute approximate surface area is 106 Å². The predicted octanol–water partition coefficient (Wildman–Crippen LogP) is 2.80. The molecular formula is C14H17FN2O. The molecule has 1 fully saturated rings. The highest BCUT2D eigenvalue weighted by molar-refractivity contribution is 5.50. The molecule has 0 aliphatic heterocycles. The Balaban J connectivity index is 2.10. The number of aliphatic hydroxyl groups is 1. The van der Waals surface area contributed by atoms with Crippen molar-refractivity contribution < 1.29 is 9.50 Å². The van der Waals surface area contributed by atoms with Gasteiger partial charge < -0.3 is 10.4 Å². The van der Waals surface area contributed by atoms with Crippen LogP contribution < -0.4 is 5.32 Å². The summed E-state index contributed by atoms with van der Waals surface area (Å²) in [6, 6.07) is 6.19. The summed E-state index contributed by atoms with van der Waals surface area (Å²) in [5, 5.41) is 22.0. The van der Waals surface area contributed by atoms with Crippen LogP contribution in [0.5, 0.6) is 0 Å². The van der Waals surface area contributed by atoms with Crippen LogP contribution >= 0.6 is 0 Å². The SMILES string of the molecule is N#Cc1cc(NC2CCCCCC2O)ccc1F. The van der Waals surface area contributed by atoms with Crippen LogP contribution in [0.4, 0.5) is 10.1 Å². The summed E-state index contributed by atoms with van der Waals surface area (Å²) in [7, 11) is 0. The molecule has 0 amide bonds. The number of rotatable bonds is 2. The lowest BCUT2D eigenvalue weighted by Crippen LogP contribution is -2.32. The molecule has 2 unspecified atom stereocenters. The first kappa shape index (κ1) is 12.8. The summed E-state index contributed by atoms with van der Waals surface area (Å²) >= 11 is 0. The first-order valence-electron chi connectivity index (χ1n) is 6.35. The number of aliphatic hydroxyl groups excluding tert-OH is 1.